The third-order valence-electron chi connectivity index (χ3n) is 5.01. The molecule has 0 bridgehead atoms. The third kappa shape index (κ3) is 4.35. The summed E-state index contributed by atoms with van der Waals surface area (Å²) in [7, 11) is 0. The number of benzene rings is 2. The van der Waals surface area contributed by atoms with Crippen LogP contribution >= 0.6 is 23.1 Å². The largest absolute Gasteiger partial charge is 0.282 e. The van der Waals surface area contributed by atoms with Crippen molar-refractivity contribution >= 4 is 33.3 Å². The van der Waals surface area contributed by atoms with Gasteiger partial charge in [0.2, 0.25) is 0 Å². The highest BCUT2D eigenvalue weighted by Crippen LogP contribution is 2.27. The van der Waals surface area contributed by atoms with E-state index in [0.29, 0.717) is 26.7 Å². The highest BCUT2D eigenvalue weighted by Gasteiger charge is 2.16. The van der Waals surface area contributed by atoms with E-state index >= 15 is 0 Å². The summed E-state index contributed by atoms with van der Waals surface area (Å²) in [6, 6.07) is 17.0. The molecule has 0 aliphatic heterocycles. The Morgan fingerprint density at radius 2 is 1.80 bits per heavy atom. The van der Waals surface area contributed by atoms with Crippen molar-refractivity contribution in [3.05, 3.63) is 92.8 Å². The summed E-state index contributed by atoms with van der Waals surface area (Å²) < 4.78 is 16.4. The second-order valence-corrected chi connectivity index (χ2v) is 10.1. The topological polar surface area (TPSA) is 34.9 Å². The van der Waals surface area contributed by atoms with Gasteiger partial charge in [0.1, 0.15) is 10.5 Å². The molecule has 2 aromatic heterocycles. The third-order valence-corrected chi connectivity index (χ3v) is 6.94. The molecule has 0 saturated heterocycles. The van der Waals surface area contributed by atoms with Crippen LogP contribution in [0.3, 0.4) is 0 Å². The second kappa shape index (κ2) is 8.36. The Morgan fingerprint density at radius 3 is 2.50 bits per heavy atom. The molecule has 4 rings (SSSR count). The minimum absolute atomic E-state index is 0.109. The first-order valence-electron chi connectivity index (χ1n) is 9.76. The van der Waals surface area contributed by atoms with Crippen LogP contribution in [-0.4, -0.2) is 9.55 Å². The number of nitrogens with zero attached hydrogens (tertiary/aromatic N) is 2. The van der Waals surface area contributed by atoms with E-state index in [1.54, 1.807) is 22.8 Å². The predicted molar refractivity (Wildman–Crippen MR) is 124 cm³/mol. The van der Waals surface area contributed by atoms with Gasteiger partial charge in [-0.05, 0) is 34.1 Å². The molecule has 154 valence electrons. The van der Waals surface area contributed by atoms with Crippen molar-refractivity contribution < 1.29 is 4.39 Å². The van der Waals surface area contributed by atoms with Crippen LogP contribution in [0, 0.1) is 5.82 Å². The zero-order valence-electron chi connectivity index (χ0n) is 17.2. The number of thioether (sulfide) groups is 1. The molecule has 0 N–H and O–H groups in total. The molecule has 2 aromatic carbocycles. The van der Waals surface area contributed by atoms with Gasteiger partial charge in [0.05, 0.1) is 12.1 Å². The molecule has 30 heavy (non-hydrogen) atoms. The van der Waals surface area contributed by atoms with E-state index in [2.05, 4.69) is 45.0 Å². The molecule has 3 nitrogen and oxygen atoms in total. The van der Waals surface area contributed by atoms with Crippen LogP contribution < -0.4 is 5.56 Å². The van der Waals surface area contributed by atoms with E-state index < -0.39 is 0 Å². The lowest BCUT2D eigenvalue weighted by Gasteiger charge is -2.19. The summed E-state index contributed by atoms with van der Waals surface area (Å²) in [6.45, 7) is 6.74. The van der Waals surface area contributed by atoms with Crippen LogP contribution in [-0.2, 0) is 17.7 Å². The molecule has 0 aliphatic rings. The van der Waals surface area contributed by atoms with Crippen molar-refractivity contribution in [1.82, 2.24) is 9.55 Å². The highest BCUT2D eigenvalue weighted by atomic mass is 32.2. The Hall–Kier alpha value is -2.44. The van der Waals surface area contributed by atoms with Crippen LogP contribution in [0.25, 0.3) is 10.2 Å². The number of hydrogen-bond donors (Lipinski definition) is 0. The van der Waals surface area contributed by atoms with Crippen molar-refractivity contribution in [2.24, 2.45) is 0 Å². The molecule has 0 radical (unpaired) electrons. The zero-order valence-corrected chi connectivity index (χ0v) is 18.8. The standard InChI is InChI=1S/C24H23FN2OS2/c1-24(2,3)18-10-8-16(9-11-18)15-30-23-26-20-12-13-29-21(20)22(28)27(23)14-17-6-4-5-7-19(17)25/h4-13H,14-15H2,1-3H3. The van der Waals surface area contributed by atoms with Gasteiger partial charge in [0.15, 0.2) is 5.16 Å². The smallest absolute Gasteiger partial charge is 0.272 e. The lowest BCUT2D eigenvalue weighted by molar-refractivity contribution is 0.579. The molecular weight excluding hydrogens is 415 g/mol. The quantitative estimate of drug-likeness (QED) is 0.273. The van der Waals surface area contributed by atoms with Crippen LogP contribution in [0.2, 0.25) is 0 Å². The van der Waals surface area contributed by atoms with E-state index in [1.165, 1.54) is 34.7 Å². The van der Waals surface area contributed by atoms with Gasteiger partial charge >= 0.3 is 0 Å². The Labute approximate surface area is 183 Å². The second-order valence-electron chi connectivity index (χ2n) is 8.25. The van der Waals surface area contributed by atoms with Crippen LogP contribution in [0.1, 0.15) is 37.5 Å². The fraction of sp³-hybridized carbons (Fsp3) is 0.250. The zero-order chi connectivity index (χ0) is 21.3. The summed E-state index contributed by atoms with van der Waals surface area (Å²) in [6.07, 6.45) is 0. The van der Waals surface area contributed by atoms with Gasteiger partial charge in [0, 0.05) is 11.3 Å². The molecule has 0 saturated carbocycles. The maximum absolute atomic E-state index is 14.2. The van der Waals surface area contributed by atoms with E-state index in [0.717, 1.165) is 5.56 Å². The number of thiophene rings is 1. The summed E-state index contributed by atoms with van der Waals surface area (Å²) >= 11 is 2.88. The molecule has 0 aliphatic carbocycles. The number of aromatic nitrogens is 2. The SMILES string of the molecule is CC(C)(C)c1ccc(CSc2nc3ccsc3c(=O)n2Cc2ccccc2F)cc1. The van der Waals surface area contributed by atoms with Gasteiger partial charge in [-0.1, -0.05) is 75.0 Å². The lowest BCUT2D eigenvalue weighted by atomic mass is 9.87. The fourth-order valence-electron chi connectivity index (χ4n) is 3.22. The van der Waals surface area contributed by atoms with E-state index in [9.17, 15) is 9.18 Å². The monoisotopic (exact) mass is 438 g/mol. The lowest BCUT2D eigenvalue weighted by Crippen LogP contribution is -2.23. The number of fused-ring (bicyclic) bond motifs is 1. The summed E-state index contributed by atoms with van der Waals surface area (Å²) in [5.41, 5.74) is 3.60. The van der Waals surface area contributed by atoms with Gasteiger partial charge in [-0.3, -0.25) is 9.36 Å². The summed E-state index contributed by atoms with van der Waals surface area (Å²) in [5, 5.41) is 2.47. The maximum Gasteiger partial charge on any atom is 0.272 e. The van der Waals surface area contributed by atoms with Crippen LogP contribution in [0.4, 0.5) is 4.39 Å². The highest BCUT2D eigenvalue weighted by molar-refractivity contribution is 7.98. The molecule has 0 fully saturated rings. The van der Waals surface area contributed by atoms with Gasteiger partial charge in [-0.2, -0.15) is 0 Å². The number of hydrogen-bond acceptors (Lipinski definition) is 4. The van der Waals surface area contributed by atoms with Crippen LogP contribution in [0.5, 0.6) is 0 Å². The first-order chi connectivity index (χ1) is 14.3. The van der Waals surface area contributed by atoms with Crippen molar-refractivity contribution in [2.45, 2.75) is 43.6 Å². The Balaban J connectivity index is 1.66. The van der Waals surface area contributed by atoms with Gasteiger partial charge < -0.3 is 0 Å². The number of rotatable bonds is 5. The Kier molecular flexibility index (Phi) is 5.80. The molecule has 6 heteroatoms. The molecule has 4 aromatic rings. The summed E-state index contributed by atoms with van der Waals surface area (Å²) in [4.78, 5) is 17.8. The van der Waals surface area contributed by atoms with Crippen molar-refractivity contribution in [1.29, 1.82) is 0 Å². The molecule has 0 spiro atoms. The minimum atomic E-state index is -0.315. The first-order valence-corrected chi connectivity index (χ1v) is 11.6. The molecule has 2 heterocycles. The molecule has 0 atom stereocenters. The van der Waals surface area contributed by atoms with Gasteiger partial charge in [-0.25, -0.2) is 9.37 Å². The minimum Gasteiger partial charge on any atom is -0.282 e. The average molecular weight is 439 g/mol. The van der Waals surface area contributed by atoms with Crippen molar-refractivity contribution in [2.75, 3.05) is 0 Å². The van der Waals surface area contributed by atoms with Gasteiger partial charge in [0.25, 0.3) is 5.56 Å². The van der Waals surface area contributed by atoms with E-state index in [1.807, 2.05) is 11.4 Å². The maximum atomic E-state index is 14.2. The Morgan fingerprint density at radius 1 is 1.07 bits per heavy atom. The molecular formula is C24H23FN2OS2. The Bertz CT molecular complexity index is 1240. The molecule has 0 amide bonds. The molecule has 0 unspecified atom stereocenters. The van der Waals surface area contributed by atoms with E-state index in [-0.39, 0.29) is 23.3 Å². The predicted octanol–water partition coefficient (Wildman–Crippen LogP) is 6.24. The van der Waals surface area contributed by atoms with Crippen molar-refractivity contribution in [3.8, 4) is 0 Å². The number of halogens is 1. The first kappa shape index (κ1) is 20.8. The fourth-order valence-corrected chi connectivity index (χ4v) is 4.95. The van der Waals surface area contributed by atoms with E-state index in [4.69, 9.17) is 4.98 Å². The van der Waals surface area contributed by atoms with Crippen LogP contribution in [0.15, 0.2) is 69.9 Å². The average Bonchev–Trinajstić information content (AvgIpc) is 3.19. The van der Waals surface area contributed by atoms with Gasteiger partial charge in [-0.15, -0.1) is 11.3 Å². The normalized spacial score (nSPS) is 11.9. The summed E-state index contributed by atoms with van der Waals surface area (Å²) in [5.74, 6) is 0.369. The van der Waals surface area contributed by atoms with Crippen molar-refractivity contribution in [3.63, 3.8) is 0 Å².